The predicted octanol–water partition coefficient (Wildman–Crippen LogP) is -0.384. The van der Waals surface area contributed by atoms with Crippen molar-refractivity contribution in [2.75, 3.05) is 13.2 Å². The van der Waals surface area contributed by atoms with Gasteiger partial charge in [-0.05, 0) is 6.42 Å². The number of aldehydes is 1. The van der Waals surface area contributed by atoms with Crippen molar-refractivity contribution in [2.24, 2.45) is 0 Å². The third kappa shape index (κ3) is 7.59. The molecule has 0 amide bonds. The van der Waals surface area contributed by atoms with Gasteiger partial charge in [0.15, 0.2) is 6.29 Å². The molecule has 0 bridgehead atoms. The van der Waals surface area contributed by atoms with Crippen molar-refractivity contribution in [3.05, 3.63) is 0 Å². The minimum absolute atomic E-state index is 0.312. The average Bonchev–Trinajstić information content (AvgIpc) is 2.44. The molecule has 0 aliphatic heterocycles. The van der Waals surface area contributed by atoms with Crippen LogP contribution in [0.15, 0.2) is 0 Å². The lowest BCUT2D eigenvalue weighted by Crippen LogP contribution is -2.47. The zero-order chi connectivity index (χ0) is 14.7. The minimum Gasteiger partial charge on any atom is -0.394 e. The van der Waals surface area contributed by atoms with E-state index in [0.717, 1.165) is 32.1 Å². The first-order valence-corrected chi connectivity index (χ1v) is 6.80. The van der Waals surface area contributed by atoms with Crippen LogP contribution in [-0.4, -0.2) is 64.3 Å². The standard InChI is InChI=1S/C13H26O6/c1-2-3-4-5-6-7-19-11(9-15)13(18)12(17)10(16)8-14/h9-14,16-18H,2-8H2,1H3/t10-,11-,12-,13-/m1/s1. The number of hydrogen-bond acceptors (Lipinski definition) is 6. The molecule has 0 aliphatic rings. The molecule has 0 aromatic heterocycles. The summed E-state index contributed by atoms with van der Waals surface area (Å²) in [6, 6.07) is 0. The lowest BCUT2D eigenvalue weighted by Gasteiger charge is -2.25. The van der Waals surface area contributed by atoms with Gasteiger partial charge >= 0.3 is 0 Å². The molecule has 0 aromatic rings. The highest BCUT2D eigenvalue weighted by atomic mass is 16.5. The van der Waals surface area contributed by atoms with Gasteiger partial charge in [0.2, 0.25) is 0 Å². The molecule has 0 spiro atoms. The SMILES string of the molecule is CCCCCCCO[C@H](C=O)[C@@H](O)[C@H](O)[C@H](O)CO. The van der Waals surface area contributed by atoms with Crippen molar-refractivity contribution in [1.29, 1.82) is 0 Å². The normalized spacial score (nSPS) is 17.7. The zero-order valence-electron chi connectivity index (χ0n) is 11.4. The summed E-state index contributed by atoms with van der Waals surface area (Å²) < 4.78 is 5.18. The summed E-state index contributed by atoms with van der Waals surface area (Å²) in [5.74, 6) is 0. The van der Waals surface area contributed by atoms with Crippen molar-refractivity contribution in [3.8, 4) is 0 Å². The number of unbranched alkanes of at least 4 members (excludes halogenated alkanes) is 4. The lowest BCUT2D eigenvalue weighted by molar-refractivity contribution is -0.146. The van der Waals surface area contributed by atoms with Crippen molar-refractivity contribution in [1.82, 2.24) is 0 Å². The van der Waals surface area contributed by atoms with E-state index in [2.05, 4.69) is 6.92 Å². The maximum atomic E-state index is 10.8. The number of aliphatic hydroxyl groups excluding tert-OH is 4. The summed E-state index contributed by atoms with van der Waals surface area (Å²) in [6.07, 6.45) is -0.302. The van der Waals surface area contributed by atoms with Crippen LogP contribution in [0.25, 0.3) is 0 Å². The third-order valence-corrected chi connectivity index (χ3v) is 2.96. The molecule has 0 unspecified atom stereocenters. The van der Waals surface area contributed by atoms with Crippen LogP contribution in [0.3, 0.4) is 0 Å². The van der Waals surface area contributed by atoms with Crippen LogP contribution in [0.2, 0.25) is 0 Å². The monoisotopic (exact) mass is 278 g/mol. The Hall–Kier alpha value is -0.530. The van der Waals surface area contributed by atoms with Crippen molar-refractivity contribution in [2.45, 2.75) is 63.4 Å². The summed E-state index contributed by atoms with van der Waals surface area (Å²) >= 11 is 0. The summed E-state index contributed by atoms with van der Waals surface area (Å²) in [6.45, 7) is 1.73. The van der Waals surface area contributed by atoms with Crippen LogP contribution in [0.4, 0.5) is 0 Å². The zero-order valence-corrected chi connectivity index (χ0v) is 11.4. The highest BCUT2D eigenvalue weighted by Crippen LogP contribution is 2.09. The van der Waals surface area contributed by atoms with Gasteiger partial charge in [-0.2, -0.15) is 0 Å². The molecular formula is C13H26O6. The van der Waals surface area contributed by atoms with Gasteiger partial charge in [-0.15, -0.1) is 0 Å². The number of hydrogen-bond donors (Lipinski definition) is 4. The highest BCUT2D eigenvalue weighted by molar-refractivity contribution is 5.57. The molecule has 4 atom stereocenters. The van der Waals surface area contributed by atoms with E-state index in [9.17, 15) is 20.1 Å². The second-order valence-electron chi connectivity index (χ2n) is 4.62. The lowest BCUT2D eigenvalue weighted by atomic mass is 10.0. The Balaban J connectivity index is 3.95. The van der Waals surface area contributed by atoms with Gasteiger partial charge in [0.05, 0.1) is 6.61 Å². The Bertz CT molecular complexity index is 223. The maximum Gasteiger partial charge on any atom is 0.151 e. The topological polar surface area (TPSA) is 107 Å². The fraction of sp³-hybridized carbons (Fsp3) is 0.923. The Morgan fingerprint density at radius 2 is 1.68 bits per heavy atom. The summed E-state index contributed by atoms with van der Waals surface area (Å²) in [7, 11) is 0. The van der Waals surface area contributed by atoms with Crippen LogP contribution in [-0.2, 0) is 9.53 Å². The van der Waals surface area contributed by atoms with E-state index in [1.54, 1.807) is 0 Å². The van der Waals surface area contributed by atoms with E-state index in [1.807, 2.05) is 0 Å². The van der Waals surface area contributed by atoms with Gasteiger partial charge in [-0.3, -0.25) is 0 Å². The second kappa shape index (κ2) is 11.3. The molecule has 0 fully saturated rings. The molecule has 0 aliphatic carbocycles. The van der Waals surface area contributed by atoms with Gasteiger partial charge < -0.3 is 30.0 Å². The molecule has 0 heterocycles. The Kier molecular flexibility index (Phi) is 11.0. The van der Waals surface area contributed by atoms with Crippen LogP contribution in [0.1, 0.15) is 39.0 Å². The molecule has 0 rings (SSSR count). The largest absolute Gasteiger partial charge is 0.394 e. The van der Waals surface area contributed by atoms with Gasteiger partial charge in [0, 0.05) is 6.61 Å². The summed E-state index contributed by atoms with van der Waals surface area (Å²) in [4.78, 5) is 10.8. The van der Waals surface area contributed by atoms with Crippen LogP contribution in [0, 0.1) is 0 Å². The molecule has 19 heavy (non-hydrogen) atoms. The first kappa shape index (κ1) is 18.5. The van der Waals surface area contributed by atoms with Crippen molar-refractivity contribution in [3.63, 3.8) is 0 Å². The van der Waals surface area contributed by atoms with Crippen LogP contribution >= 0.6 is 0 Å². The van der Waals surface area contributed by atoms with Crippen molar-refractivity contribution >= 4 is 6.29 Å². The molecule has 0 saturated carbocycles. The molecule has 114 valence electrons. The summed E-state index contributed by atoms with van der Waals surface area (Å²) in [5.41, 5.74) is 0. The minimum atomic E-state index is -1.61. The highest BCUT2D eigenvalue weighted by Gasteiger charge is 2.31. The number of carbonyl (C=O) groups excluding carboxylic acids is 1. The summed E-state index contributed by atoms with van der Waals surface area (Å²) in [5, 5.41) is 36.9. The molecule has 0 radical (unpaired) electrons. The maximum absolute atomic E-state index is 10.8. The first-order valence-electron chi connectivity index (χ1n) is 6.80. The third-order valence-electron chi connectivity index (χ3n) is 2.96. The van der Waals surface area contributed by atoms with E-state index in [-0.39, 0.29) is 0 Å². The van der Waals surface area contributed by atoms with Gasteiger partial charge in [-0.1, -0.05) is 32.6 Å². The molecular weight excluding hydrogens is 252 g/mol. The van der Waals surface area contributed by atoms with E-state index < -0.39 is 31.0 Å². The molecule has 6 heteroatoms. The average molecular weight is 278 g/mol. The molecule has 0 aromatic carbocycles. The van der Waals surface area contributed by atoms with Gasteiger partial charge in [0.1, 0.15) is 24.4 Å². The Morgan fingerprint density at radius 3 is 2.21 bits per heavy atom. The van der Waals surface area contributed by atoms with Crippen LogP contribution < -0.4 is 0 Å². The second-order valence-corrected chi connectivity index (χ2v) is 4.62. The fourth-order valence-electron chi connectivity index (χ4n) is 1.67. The predicted molar refractivity (Wildman–Crippen MR) is 69.7 cm³/mol. The van der Waals surface area contributed by atoms with Gasteiger partial charge in [-0.25, -0.2) is 0 Å². The van der Waals surface area contributed by atoms with Crippen molar-refractivity contribution < 1.29 is 30.0 Å². The number of carbonyl (C=O) groups is 1. The number of ether oxygens (including phenoxy) is 1. The van der Waals surface area contributed by atoms with E-state index in [4.69, 9.17) is 9.84 Å². The fourth-order valence-corrected chi connectivity index (χ4v) is 1.67. The van der Waals surface area contributed by atoms with E-state index in [1.165, 1.54) is 0 Å². The van der Waals surface area contributed by atoms with E-state index in [0.29, 0.717) is 12.9 Å². The molecule has 4 N–H and O–H groups in total. The van der Waals surface area contributed by atoms with Gasteiger partial charge in [0.25, 0.3) is 0 Å². The van der Waals surface area contributed by atoms with Crippen LogP contribution in [0.5, 0.6) is 0 Å². The quantitative estimate of drug-likeness (QED) is 0.286. The number of rotatable bonds is 12. The molecule has 6 nitrogen and oxygen atoms in total. The number of aliphatic hydroxyl groups is 4. The molecule has 0 saturated heterocycles. The van der Waals surface area contributed by atoms with E-state index >= 15 is 0 Å². The smallest absolute Gasteiger partial charge is 0.151 e. The first-order chi connectivity index (χ1) is 9.08. The Morgan fingerprint density at radius 1 is 1.05 bits per heavy atom. The Labute approximate surface area is 114 Å².